The van der Waals surface area contributed by atoms with Gasteiger partial charge in [0.2, 0.25) is 0 Å². The van der Waals surface area contributed by atoms with Crippen molar-refractivity contribution in [2.24, 2.45) is 11.8 Å². The number of aliphatic hydroxyl groups is 1. The summed E-state index contributed by atoms with van der Waals surface area (Å²) in [6.45, 7) is 10.4. The van der Waals surface area contributed by atoms with Crippen LogP contribution < -0.4 is 0 Å². The average molecular weight is 213 g/mol. The Morgan fingerprint density at radius 3 is 2.33 bits per heavy atom. The summed E-state index contributed by atoms with van der Waals surface area (Å²) in [5.74, 6) is 1.73. The van der Waals surface area contributed by atoms with Crippen LogP contribution in [0, 0.1) is 11.8 Å². The highest BCUT2D eigenvalue weighted by Crippen LogP contribution is 2.21. The first-order valence-corrected chi connectivity index (χ1v) is 6.48. The number of piperidine rings is 1. The highest BCUT2D eigenvalue weighted by molar-refractivity contribution is 4.74. The fourth-order valence-electron chi connectivity index (χ4n) is 2.75. The maximum Gasteiger partial charge on any atom is 0.0512 e. The molecule has 2 nitrogen and oxygen atoms in total. The van der Waals surface area contributed by atoms with Gasteiger partial charge in [-0.05, 0) is 51.0 Å². The van der Waals surface area contributed by atoms with Crippen LogP contribution in [0.2, 0.25) is 0 Å². The normalized spacial score (nSPS) is 30.4. The minimum Gasteiger partial charge on any atom is -0.393 e. The molecule has 1 aliphatic heterocycles. The molecule has 1 heterocycles. The van der Waals surface area contributed by atoms with E-state index in [0.717, 1.165) is 24.7 Å². The van der Waals surface area contributed by atoms with E-state index in [2.05, 4.69) is 18.7 Å². The van der Waals surface area contributed by atoms with Gasteiger partial charge in [0, 0.05) is 13.1 Å². The standard InChI is InChI=1S/C13H27NO/c1-11-8-12(2)10-14(9-11)7-5-4-6-13(3)15/h11-13,15H,4-10H2,1-3H3. The zero-order valence-corrected chi connectivity index (χ0v) is 10.6. The van der Waals surface area contributed by atoms with Crippen LogP contribution in [-0.4, -0.2) is 35.7 Å². The number of hydrogen-bond acceptors (Lipinski definition) is 2. The summed E-state index contributed by atoms with van der Waals surface area (Å²) < 4.78 is 0. The van der Waals surface area contributed by atoms with Gasteiger partial charge < -0.3 is 10.0 Å². The molecule has 1 fully saturated rings. The Hall–Kier alpha value is -0.0800. The molecule has 0 saturated carbocycles. The second-order valence-electron chi connectivity index (χ2n) is 5.55. The highest BCUT2D eigenvalue weighted by atomic mass is 16.3. The van der Waals surface area contributed by atoms with Gasteiger partial charge in [-0.3, -0.25) is 0 Å². The zero-order chi connectivity index (χ0) is 11.3. The third-order valence-corrected chi connectivity index (χ3v) is 3.29. The molecule has 0 bridgehead atoms. The minimum atomic E-state index is -0.121. The summed E-state index contributed by atoms with van der Waals surface area (Å²) in [7, 11) is 0. The molecule has 0 spiro atoms. The first kappa shape index (κ1) is 13.0. The molecule has 90 valence electrons. The molecule has 1 N–H and O–H groups in total. The number of hydrogen-bond donors (Lipinski definition) is 1. The smallest absolute Gasteiger partial charge is 0.0512 e. The number of nitrogens with zero attached hydrogens (tertiary/aromatic N) is 1. The fraction of sp³-hybridized carbons (Fsp3) is 1.00. The molecule has 0 aromatic rings. The number of likely N-dealkylation sites (tertiary alicyclic amines) is 1. The number of rotatable bonds is 5. The van der Waals surface area contributed by atoms with Crippen molar-refractivity contribution in [3.8, 4) is 0 Å². The van der Waals surface area contributed by atoms with Gasteiger partial charge in [-0.2, -0.15) is 0 Å². The van der Waals surface area contributed by atoms with Crippen LogP contribution in [0.1, 0.15) is 46.5 Å². The summed E-state index contributed by atoms with van der Waals surface area (Å²) in [5, 5.41) is 9.16. The molecule has 1 aliphatic rings. The fourth-order valence-corrected chi connectivity index (χ4v) is 2.75. The van der Waals surface area contributed by atoms with Gasteiger partial charge >= 0.3 is 0 Å². The van der Waals surface area contributed by atoms with Crippen molar-refractivity contribution >= 4 is 0 Å². The van der Waals surface area contributed by atoms with E-state index >= 15 is 0 Å². The molecule has 0 aliphatic carbocycles. The lowest BCUT2D eigenvalue weighted by atomic mass is 9.92. The Morgan fingerprint density at radius 1 is 1.20 bits per heavy atom. The minimum absolute atomic E-state index is 0.121. The van der Waals surface area contributed by atoms with Crippen LogP contribution in [0.25, 0.3) is 0 Å². The van der Waals surface area contributed by atoms with Crippen molar-refractivity contribution in [2.75, 3.05) is 19.6 Å². The van der Waals surface area contributed by atoms with Crippen LogP contribution in [0.4, 0.5) is 0 Å². The molecule has 1 saturated heterocycles. The molecule has 2 heteroatoms. The monoisotopic (exact) mass is 213 g/mol. The molecule has 0 radical (unpaired) electrons. The Labute approximate surface area is 94.7 Å². The quantitative estimate of drug-likeness (QED) is 0.709. The summed E-state index contributed by atoms with van der Waals surface area (Å²) in [4.78, 5) is 2.60. The molecule has 15 heavy (non-hydrogen) atoms. The molecule has 0 aromatic carbocycles. The van der Waals surface area contributed by atoms with E-state index in [9.17, 15) is 0 Å². The lowest BCUT2D eigenvalue weighted by Crippen LogP contribution is -2.39. The zero-order valence-electron chi connectivity index (χ0n) is 10.6. The maximum atomic E-state index is 9.16. The molecule has 3 unspecified atom stereocenters. The average Bonchev–Trinajstić information content (AvgIpc) is 2.10. The Bertz CT molecular complexity index is 160. The second-order valence-corrected chi connectivity index (χ2v) is 5.55. The van der Waals surface area contributed by atoms with Crippen LogP contribution in [-0.2, 0) is 0 Å². The van der Waals surface area contributed by atoms with Crippen molar-refractivity contribution in [3.05, 3.63) is 0 Å². The molecule has 0 amide bonds. The first-order valence-electron chi connectivity index (χ1n) is 6.48. The van der Waals surface area contributed by atoms with Crippen molar-refractivity contribution in [3.63, 3.8) is 0 Å². The summed E-state index contributed by atoms with van der Waals surface area (Å²) >= 11 is 0. The van der Waals surface area contributed by atoms with Gasteiger partial charge in [-0.1, -0.05) is 13.8 Å². The lowest BCUT2D eigenvalue weighted by molar-refractivity contribution is 0.134. The maximum absolute atomic E-state index is 9.16. The van der Waals surface area contributed by atoms with E-state index in [-0.39, 0.29) is 6.10 Å². The van der Waals surface area contributed by atoms with Crippen molar-refractivity contribution < 1.29 is 5.11 Å². The predicted molar refractivity (Wildman–Crippen MR) is 64.9 cm³/mol. The van der Waals surface area contributed by atoms with Crippen LogP contribution in [0.3, 0.4) is 0 Å². The lowest BCUT2D eigenvalue weighted by Gasteiger charge is -2.35. The number of aliphatic hydroxyl groups excluding tert-OH is 1. The van der Waals surface area contributed by atoms with Gasteiger partial charge in [0.05, 0.1) is 6.10 Å². The highest BCUT2D eigenvalue weighted by Gasteiger charge is 2.20. The van der Waals surface area contributed by atoms with E-state index in [1.807, 2.05) is 6.92 Å². The van der Waals surface area contributed by atoms with E-state index in [4.69, 9.17) is 5.11 Å². The van der Waals surface area contributed by atoms with E-state index < -0.39 is 0 Å². The van der Waals surface area contributed by atoms with Crippen molar-refractivity contribution in [2.45, 2.75) is 52.6 Å². The van der Waals surface area contributed by atoms with E-state index in [1.54, 1.807) is 0 Å². The van der Waals surface area contributed by atoms with Gasteiger partial charge in [-0.15, -0.1) is 0 Å². The Balaban J connectivity index is 2.10. The predicted octanol–water partition coefficient (Wildman–Crippen LogP) is 2.52. The third kappa shape index (κ3) is 5.53. The molecule has 1 rings (SSSR count). The molecule has 3 atom stereocenters. The van der Waals surface area contributed by atoms with E-state index in [1.165, 1.54) is 32.5 Å². The summed E-state index contributed by atoms with van der Waals surface area (Å²) in [6, 6.07) is 0. The van der Waals surface area contributed by atoms with E-state index in [0.29, 0.717) is 0 Å². The Morgan fingerprint density at radius 2 is 1.80 bits per heavy atom. The molecule has 0 aromatic heterocycles. The van der Waals surface area contributed by atoms with Gasteiger partial charge in [-0.25, -0.2) is 0 Å². The summed E-state index contributed by atoms with van der Waals surface area (Å²) in [5.41, 5.74) is 0. The largest absolute Gasteiger partial charge is 0.393 e. The van der Waals surface area contributed by atoms with Crippen LogP contribution in [0.15, 0.2) is 0 Å². The molecular formula is C13H27NO. The van der Waals surface area contributed by atoms with Gasteiger partial charge in [0.15, 0.2) is 0 Å². The SMILES string of the molecule is CC(O)CCCCN1CC(C)CC(C)C1. The second kappa shape index (κ2) is 6.49. The van der Waals surface area contributed by atoms with Crippen LogP contribution >= 0.6 is 0 Å². The third-order valence-electron chi connectivity index (χ3n) is 3.29. The topological polar surface area (TPSA) is 23.5 Å². The van der Waals surface area contributed by atoms with Crippen molar-refractivity contribution in [1.82, 2.24) is 4.90 Å². The summed E-state index contributed by atoms with van der Waals surface area (Å²) in [6.07, 6.45) is 4.63. The van der Waals surface area contributed by atoms with Gasteiger partial charge in [0.1, 0.15) is 0 Å². The van der Waals surface area contributed by atoms with Gasteiger partial charge in [0.25, 0.3) is 0 Å². The molecular weight excluding hydrogens is 186 g/mol. The van der Waals surface area contributed by atoms with Crippen molar-refractivity contribution in [1.29, 1.82) is 0 Å². The van der Waals surface area contributed by atoms with Crippen LogP contribution in [0.5, 0.6) is 0 Å². The Kier molecular flexibility index (Phi) is 5.62. The number of unbranched alkanes of at least 4 members (excludes halogenated alkanes) is 1. The first-order chi connectivity index (χ1) is 7.08.